The molecule has 0 spiro atoms. The molecule has 0 radical (unpaired) electrons. The fourth-order valence-electron chi connectivity index (χ4n) is 5.73. The molecule has 0 amide bonds. The van der Waals surface area contributed by atoms with Gasteiger partial charge in [0, 0.05) is 6.42 Å². The van der Waals surface area contributed by atoms with Gasteiger partial charge >= 0.3 is 17.9 Å². The van der Waals surface area contributed by atoms with E-state index < -0.39 is 30.3 Å². The number of carbonyl (C=O) groups excluding carboxylic acids is 2. The molecule has 0 aliphatic heterocycles. The zero-order valence-electron chi connectivity index (χ0n) is 41.1. The summed E-state index contributed by atoms with van der Waals surface area (Å²) in [6.07, 6.45) is 62.6. The van der Waals surface area contributed by atoms with Crippen LogP contribution in [0.15, 0.2) is 134 Å². The summed E-state index contributed by atoms with van der Waals surface area (Å²) in [5.41, 5.74) is 0. The maximum Gasteiger partial charge on any atom is 0.361 e. The summed E-state index contributed by atoms with van der Waals surface area (Å²) in [7, 11) is 5.91. The lowest BCUT2D eigenvalue weighted by Crippen LogP contribution is -2.40. The number of nitrogens with zero attached hydrogens (tertiary/aromatic N) is 1. The lowest BCUT2D eigenvalue weighted by Gasteiger charge is -2.25. The molecule has 0 aromatic carbocycles. The van der Waals surface area contributed by atoms with Gasteiger partial charge in [-0.05, 0) is 89.9 Å². The second-order valence-electron chi connectivity index (χ2n) is 16.7. The van der Waals surface area contributed by atoms with Crippen molar-refractivity contribution in [3.63, 3.8) is 0 Å². The van der Waals surface area contributed by atoms with Crippen molar-refractivity contribution in [3.05, 3.63) is 134 Å². The van der Waals surface area contributed by atoms with Crippen molar-refractivity contribution in [2.24, 2.45) is 0 Å². The Morgan fingerprint density at radius 1 is 0.477 bits per heavy atom. The van der Waals surface area contributed by atoms with Crippen molar-refractivity contribution >= 4 is 17.9 Å². The highest BCUT2D eigenvalue weighted by Crippen LogP contribution is 2.12. The van der Waals surface area contributed by atoms with Crippen molar-refractivity contribution in [1.82, 2.24) is 0 Å². The number of carboxylic acids is 1. The van der Waals surface area contributed by atoms with Gasteiger partial charge in [0.1, 0.15) is 13.2 Å². The molecule has 2 unspecified atom stereocenters. The third-order valence-electron chi connectivity index (χ3n) is 9.44. The van der Waals surface area contributed by atoms with Gasteiger partial charge in [0.25, 0.3) is 6.29 Å². The number of quaternary nitrogens is 1. The second kappa shape index (κ2) is 46.0. The molecule has 1 N–H and O–H groups in total. The summed E-state index contributed by atoms with van der Waals surface area (Å²) in [4.78, 5) is 37.1. The zero-order valence-corrected chi connectivity index (χ0v) is 41.1. The van der Waals surface area contributed by atoms with Crippen LogP contribution in [0.1, 0.15) is 142 Å². The predicted octanol–water partition coefficient (Wildman–Crippen LogP) is 13.6. The molecule has 0 aliphatic carbocycles. The highest BCUT2D eigenvalue weighted by atomic mass is 16.7. The lowest BCUT2D eigenvalue weighted by molar-refractivity contribution is -0.870. The minimum atomic E-state index is -1.54. The third-order valence-corrected chi connectivity index (χ3v) is 9.44. The molecule has 65 heavy (non-hydrogen) atoms. The number of carboxylic acid groups (broad SMARTS) is 1. The number of likely N-dealkylation sites (N-methyl/N-ethyl adjacent to an activating group) is 1. The lowest BCUT2D eigenvalue weighted by atomic mass is 10.1. The van der Waals surface area contributed by atoms with E-state index in [1.807, 2.05) is 33.3 Å². The Morgan fingerprint density at radius 2 is 0.877 bits per heavy atom. The van der Waals surface area contributed by atoms with Crippen molar-refractivity contribution < 1.29 is 42.9 Å². The molecule has 0 rings (SSSR count). The molecule has 0 aromatic heterocycles. The first-order valence-corrected chi connectivity index (χ1v) is 24.3. The Kier molecular flexibility index (Phi) is 42.7. The zero-order chi connectivity index (χ0) is 47.7. The van der Waals surface area contributed by atoms with E-state index in [0.717, 1.165) is 103 Å². The molecule has 0 fully saturated rings. The number of rotatable bonds is 42. The summed E-state index contributed by atoms with van der Waals surface area (Å²) < 4.78 is 22.6. The standard InChI is InChI=1S/C56H87NO8/c1-6-8-10-12-14-16-18-20-22-23-24-25-26-27-28-29-30-31-33-35-37-39-41-43-45-47-54(59)65-52(51-64-56(55(60)61)62-49-48-57(3,4)5)50-63-53(58)46-44-42-40-38-36-34-32-21-19-17-15-13-11-9-7-2/h8-11,14-17,20-22,24-25,27-28,30-32,36,38,42,44,52,56H,6-7,12-13,18-19,23,26,29,33-35,37,39-41,43,45-51H2,1-5H3/p+1/b10-8-,11-9-,16-14-,17-15-,22-20-,25-24-,28-27-,31-30-,32-21-,38-36-,44-42-. The van der Waals surface area contributed by atoms with E-state index >= 15 is 0 Å². The SMILES string of the molecule is CC/C=C\C/C=C\C/C=C\C/C=C\C/C=C\C/C=C\CCCCCCCCC(=O)OC(COC(=O)C/C=C\C/C=C\C/C=C\C/C=C\C/C=C\CC)COC(OCC[N+](C)(C)C)C(=O)O. The highest BCUT2D eigenvalue weighted by Gasteiger charge is 2.25. The Balaban J connectivity index is 4.52. The van der Waals surface area contributed by atoms with Crippen LogP contribution >= 0.6 is 0 Å². The predicted molar refractivity (Wildman–Crippen MR) is 271 cm³/mol. The van der Waals surface area contributed by atoms with Gasteiger partial charge in [0.05, 0.1) is 40.8 Å². The highest BCUT2D eigenvalue weighted by molar-refractivity contribution is 5.72. The largest absolute Gasteiger partial charge is 0.477 e. The van der Waals surface area contributed by atoms with Crippen LogP contribution in [0.2, 0.25) is 0 Å². The number of aliphatic carboxylic acids is 1. The van der Waals surface area contributed by atoms with Gasteiger partial charge in [0.2, 0.25) is 0 Å². The third kappa shape index (κ3) is 47.2. The number of esters is 2. The van der Waals surface area contributed by atoms with E-state index in [1.165, 1.54) is 0 Å². The minimum absolute atomic E-state index is 0.0579. The Hall–Kier alpha value is -4.57. The van der Waals surface area contributed by atoms with Gasteiger partial charge in [-0.15, -0.1) is 0 Å². The normalized spacial score (nSPS) is 14.0. The van der Waals surface area contributed by atoms with Crippen molar-refractivity contribution in [2.75, 3.05) is 47.5 Å². The molecule has 9 nitrogen and oxygen atoms in total. The van der Waals surface area contributed by atoms with Crippen LogP contribution in [0.4, 0.5) is 0 Å². The van der Waals surface area contributed by atoms with E-state index in [9.17, 15) is 19.5 Å². The smallest absolute Gasteiger partial charge is 0.361 e. The number of hydrogen-bond acceptors (Lipinski definition) is 7. The molecule has 9 heteroatoms. The molecular formula is C56H88NO8+. The number of allylic oxidation sites excluding steroid dienone is 21. The van der Waals surface area contributed by atoms with Crippen LogP contribution in [0.5, 0.6) is 0 Å². The number of unbranched alkanes of at least 4 members (excludes halogenated alkanes) is 6. The molecule has 0 aromatic rings. The molecule has 2 atom stereocenters. The first-order chi connectivity index (χ1) is 31.6. The van der Waals surface area contributed by atoms with Crippen molar-refractivity contribution in [3.8, 4) is 0 Å². The van der Waals surface area contributed by atoms with Crippen LogP contribution in [0, 0.1) is 0 Å². The number of hydrogen-bond donors (Lipinski definition) is 1. The molecular weight excluding hydrogens is 815 g/mol. The van der Waals surface area contributed by atoms with E-state index in [-0.39, 0.29) is 32.7 Å². The quantitative estimate of drug-likeness (QED) is 0.0212. The summed E-state index contributed by atoms with van der Waals surface area (Å²) in [6, 6.07) is 0. The number of ether oxygens (including phenoxy) is 4. The van der Waals surface area contributed by atoms with E-state index in [0.29, 0.717) is 23.9 Å². The minimum Gasteiger partial charge on any atom is -0.477 e. The van der Waals surface area contributed by atoms with Gasteiger partial charge < -0.3 is 28.5 Å². The van der Waals surface area contributed by atoms with Gasteiger partial charge in [-0.1, -0.05) is 173 Å². The Bertz CT molecular complexity index is 1520. The van der Waals surface area contributed by atoms with Gasteiger partial charge in [-0.3, -0.25) is 9.59 Å². The van der Waals surface area contributed by atoms with Crippen LogP contribution in [-0.2, 0) is 33.3 Å². The second-order valence-corrected chi connectivity index (χ2v) is 16.7. The summed E-state index contributed by atoms with van der Waals surface area (Å²) in [5, 5.41) is 9.65. The van der Waals surface area contributed by atoms with E-state index in [2.05, 4.69) is 129 Å². The molecule has 364 valence electrons. The molecule has 0 heterocycles. The topological polar surface area (TPSA) is 108 Å². The van der Waals surface area contributed by atoms with Crippen LogP contribution in [0.25, 0.3) is 0 Å². The summed E-state index contributed by atoms with van der Waals surface area (Å²) in [5.74, 6) is -2.21. The van der Waals surface area contributed by atoms with Gasteiger partial charge in [0.15, 0.2) is 6.10 Å². The molecule has 0 bridgehead atoms. The van der Waals surface area contributed by atoms with Crippen molar-refractivity contribution in [1.29, 1.82) is 0 Å². The fraction of sp³-hybridized carbons (Fsp3) is 0.554. The summed E-state index contributed by atoms with van der Waals surface area (Å²) in [6.45, 7) is 4.47. The monoisotopic (exact) mass is 903 g/mol. The first kappa shape index (κ1) is 60.4. The Morgan fingerprint density at radius 3 is 1.31 bits per heavy atom. The van der Waals surface area contributed by atoms with Crippen LogP contribution < -0.4 is 0 Å². The maximum absolute atomic E-state index is 12.8. The Labute approximate surface area is 395 Å². The molecule has 0 aliphatic rings. The first-order valence-electron chi connectivity index (χ1n) is 24.3. The summed E-state index contributed by atoms with van der Waals surface area (Å²) >= 11 is 0. The maximum atomic E-state index is 12.8. The molecule has 0 saturated heterocycles. The van der Waals surface area contributed by atoms with Crippen LogP contribution in [0.3, 0.4) is 0 Å². The molecule has 0 saturated carbocycles. The van der Waals surface area contributed by atoms with Gasteiger partial charge in [-0.2, -0.15) is 0 Å². The average molecular weight is 903 g/mol. The van der Waals surface area contributed by atoms with Crippen molar-refractivity contribution in [2.45, 2.75) is 155 Å². The number of carbonyl (C=O) groups is 3. The van der Waals surface area contributed by atoms with E-state index in [1.54, 1.807) is 6.08 Å². The fourth-order valence-corrected chi connectivity index (χ4v) is 5.73. The van der Waals surface area contributed by atoms with E-state index in [4.69, 9.17) is 18.9 Å². The van der Waals surface area contributed by atoms with Gasteiger partial charge in [-0.25, -0.2) is 4.79 Å². The average Bonchev–Trinajstić information content (AvgIpc) is 3.27. The van der Waals surface area contributed by atoms with Crippen LogP contribution in [-0.4, -0.2) is 87.4 Å².